The monoisotopic (exact) mass is 439 g/mol. The van der Waals surface area contributed by atoms with Crippen LogP contribution >= 0.6 is 15.9 Å². The second kappa shape index (κ2) is 7.29. The summed E-state index contributed by atoms with van der Waals surface area (Å²) in [6.07, 6.45) is 1.42. The number of benzene rings is 1. The Morgan fingerprint density at radius 1 is 1.25 bits per heavy atom. The van der Waals surface area contributed by atoms with Crippen LogP contribution in [0, 0.1) is 11.3 Å². The van der Waals surface area contributed by atoms with Gasteiger partial charge in [0.25, 0.3) is 11.8 Å². The molecule has 0 bridgehead atoms. The van der Waals surface area contributed by atoms with Crippen LogP contribution in [0.3, 0.4) is 0 Å². The molecule has 8 heteroatoms. The van der Waals surface area contributed by atoms with Crippen molar-refractivity contribution in [3.8, 4) is 17.4 Å². The summed E-state index contributed by atoms with van der Waals surface area (Å²) < 4.78 is 6.27. The van der Waals surface area contributed by atoms with E-state index in [4.69, 9.17) is 4.42 Å². The minimum Gasteiger partial charge on any atom is -0.545 e. The van der Waals surface area contributed by atoms with E-state index in [9.17, 15) is 24.8 Å². The van der Waals surface area contributed by atoms with Gasteiger partial charge in [0, 0.05) is 28.2 Å². The van der Waals surface area contributed by atoms with Crippen LogP contribution in [0.2, 0.25) is 0 Å². The van der Waals surface area contributed by atoms with E-state index in [1.54, 1.807) is 24.3 Å². The van der Waals surface area contributed by atoms with Gasteiger partial charge in [0.15, 0.2) is 0 Å². The number of imide groups is 1. The van der Waals surface area contributed by atoms with Gasteiger partial charge in [0.2, 0.25) is 0 Å². The Labute approximate surface area is 168 Å². The Morgan fingerprint density at radius 3 is 2.61 bits per heavy atom. The van der Waals surface area contributed by atoms with Gasteiger partial charge in [-0.3, -0.25) is 14.5 Å². The number of carbonyl (C=O) groups excluding carboxylic acids is 3. The molecule has 0 N–H and O–H groups in total. The standard InChI is InChI=1S/C20H13BrN2O5/c1-10-14(18(24)23(2)19(25)16(10)9-22)8-12-4-6-17(28-12)13-5-3-11(21)7-15(13)20(26)27/h3-8H,1-2H3,(H,26,27)/p-1/b14-8-. The van der Waals surface area contributed by atoms with Crippen LogP contribution in [0.1, 0.15) is 23.0 Å². The van der Waals surface area contributed by atoms with Gasteiger partial charge in [-0.2, -0.15) is 5.26 Å². The largest absolute Gasteiger partial charge is 0.545 e. The van der Waals surface area contributed by atoms with Crippen molar-refractivity contribution in [2.24, 2.45) is 0 Å². The summed E-state index contributed by atoms with van der Waals surface area (Å²) in [5.74, 6) is -2.03. The van der Waals surface area contributed by atoms with Gasteiger partial charge in [-0.15, -0.1) is 0 Å². The minimum atomic E-state index is -1.35. The molecule has 28 heavy (non-hydrogen) atoms. The van der Waals surface area contributed by atoms with Gasteiger partial charge >= 0.3 is 0 Å². The van der Waals surface area contributed by atoms with Crippen LogP contribution in [-0.2, 0) is 9.59 Å². The third kappa shape index (κ3) is 3.28. The molecule has 0 aliphatic carbocycles. The summed E-state index contributed by atoms with van der Waals surface area (Å²) in [5, 5.41) is 20.6. The predicted octanol–water partition coefficient (Wildman–Crippen LogP) is 2.29. The summed E-state index contributed by atoms with van der Waals surface area (Å²) in [6, 6.07) is 9.58. The van der Waals surface area contributed by atoms with Crippen molar-refractivity contribution >= 4 is 39.8 Å². The van der Waals surface area contributed by atoms with Crippen molar-refractivity contribution in [2.75, 3.05) is 7.05 Å². The number of carboxylic acids is 1. The molecule has 2 heterocycles. The van der Waals surface area contributed by atoms with Crippen LogP contribution < -0.4 is 5.11 Å². The highest BCUT2D eigenvalue weighted by Gasteiger charge is 2.33. The van der Waals surface area contributed by atoms with Crippen molar-refractivity contribution in [3.63, 3.8) is 0 Å². The zero-order valence-electron chi connectivity index (χ0n) is 14.8. The number of halogens is 1. The number of aromatic carboxylic acids is 1. The van der Waals surface area contributed by atoms with E-state index in [2.05, 4.69) is 15.9 Å². The quantitative estimate of drug-likeness (QED) is 0.535. The summed E-state index contributed by atoms with van der Waals surface area (Å²) in [6.45, 7) is 1.51. The summed E-state index contributed by atoms with van der Waals surface area (Å²) in [4.78, 5) is 36.7. The van der Waals surface area contributed by atoms with E-state index in [0.717, 1.165) is 4.90 Å². The smallest absolute Gasteiger partial charge is 0.271 e. The van der Waals surface area contributed by atoms with Crippen molar-refractivity contribution in [2.45, 2.75) is 6.92 Å². The van der Waals surface area contributed by atoms with Crippen molar-refractivity contribution in [3.05, 3.63) is 62.8 Å². The van der Waals surface area contributed by atoms with Crippen LogP contribution in [-0.4, -0.2) is 29.7 Å². The Balaban J connectivity index is 2.08. The molecule has 0 saturated carbocycles. The van der Waals surface area contributed by atoms with Crippen LogP contribution in [0.5, 0.6) is 0 Å². The molecule has 0 spiro atoms. The molecule has 0 fully saturated rings. The Kier molecular flexibility index (Phi) is 5.03. The third-order valence-electron chi connectivity index (χ3n) is 4.32. The topological polar surface area (TPSA) is 114 Å². The van der Waals surface area contributed by atoms with Gasteiger partial charge in [-0.05, 0) is 48.9 Å². The molecule has 0 saturated heterocycles. The average molecular weight is 440 g/mol. The molecule has 140 valence electrons. The normalized spacial score (nSPS) is 15.9. The average Bonchev–Trinajstić information content (AvgIpc) is 3.12. The fourth-order valence-corrected chi connectivity index (χ4v) is 3.18. The van der Waals surface area contributed by atoms with Crippen LogP contribution in [0.4, 0.5) is 0 Å². The SMILES string of the molecule is CC1=C(C#N)C(=O)N(C)C(=O)/C1=C\c1ccc(-c2ccc(Br)cc2C(=O)[O-])o1. The number of likely N-dealkylation sites (N-methyl/N-ethyl adjacent to an activating group) is 1. The maximum atomic E-state index is 12.4. The molecule has 2 aromatic rings. The molecule has 3 rings (SSSR count). The first-order valence-corrected chi connectivity index (χ1v) is 8.80. The van der Waals surface area contributed by atoms with Gasteiger partial charge in [-0.1, -0.05) is 15.9 Å². The van der Waals surface area contributed by atoms with E-state index in [0.29, 0.717) is 10.0 Å². The summed E-state index contributed by atoms with van der Waals surface area (Å²) in [5.41, 5.74) is 0.556. The highest BCUT2D eigenvalue weighted by molar-refractivity contribution is 9.10. The first kappa shape index (κ1) is 19.3. The zero-order chi connectivity index (χ0) is 20.6. The third-order valence-corrected chi connectivity index (χ3v) is 4.82. The van der Waals surface area contributed by atoms with Gasteiger partial charge < -0.3 is 14.3 Å². The molecular weight excluding hydrogens is 428 g/mol. The maximum absolute atomic E-state index is 12.4. The molecule has 0 radical (unpaired) electrons. The number of rotatable bonds is 3. The number of nitrogens with zero attached hydrogens (tertiary/aromatic N) is 2. The number of nitriles is 1. The molecule has 7 nitrogen and oxygen atoms in total. The van der Waals surface area contributed by atoms with E-state index in [1.807, 2.05) is 6.07 Å². The number of amides is 2. The first-order valence-electron chi connectivity index (χ1n) is 8.01. The number of furan rings is 1. The Hall–Kier alpha value is -3.44. The lowest BCUT2D eigenvalue weighted by Gasteiger charge is -2.23. The molecule has 0 atom stereocenters. The minimum absolute atomic E-state index is 0.0511. The second-order valence-corrected chi connectivity index (χ2v) is 6.93. The molecule has 1 aromatic heterocycles. The lowest BCUT2D eigenvalue weighted by atomic mass is 9.95. The highest BCUT2D eigenvalue weighted by atomic mass is 79.9. The highest BCUT2D eigenvalue weighted by Crippen LogP contribution is 2.31. The molecule has 1 aliphatic rings. The Bertz CT molecular complexity index is 1130. The fraction of sp³-hybridized carbons (Fsp3) is 0.100. The lowest BCUT2D eigenvalue weighted by molar-refractivity contribution is -0.255. The number of hydrogen-bond donors (Lipinski definition) is 0. The van der Waals surface area contributed by atoms with Crippen LogP contribution in [0.25, 0.3) is 17.4 Å². The fourth-order valence-electron chi connectivity index (χ4n) is 2.82. The molecule has 0 unspecified atom stereocenters. The number of carboxylic acid groups (broad SMARTS) is 1. The second-order valence-electron chi connectivity index (χ2n) is 6.02. The van der Waals surface area contributed by atoms with Gasteiger partial charge in [-0.25, -0.2) is 0 Å². The Morgan fingerprint density at radius 2 is 1.96 bits per heavy atom. The molecule has 1 aromatic carbocycles. The number of carbonyl (C=O) groups is 3. The van der Waals surface area contributed by atoms with Crippen LogP contribution in [0.15, 0.2) is 55.9 Å². The van der Waals surface area contributed by atoms with Gasteiger partial charge in [0.05, 0.1) is 5.97 Å². The van der Waals surface area contributed by atoms with E-state index >= 15 is 0 Å². The van der Waals surface area contributed by atoms with E-state index in [1.165, 1.54) is 26.1 Å². The first-order chi connectivity index (χ1) is 13.2. The van der Waals surface area contributed by atoms with E-state index in [-0.39, 0.29) is 33.8 Å². The van der Waals surface area contributed by atoms with Crippen molar-refractivity contribution in [1.29, 1.82) is 5.26 Å². The van der Waals surface area contributed by atoms with Crippen molar-refractivity contribution in [1.82, 2.24) is 4.90 Å². The van der Waals surface area contributed by atoms with Crippen molar-refractivity contribution < 1.29 is 23.9 Å². The molecule has 2 amide bonds. The lowest BCUT2D eigenvalue weighted by Crippen LogP contribution is -2.39. The summed E-state index contributed by atoms with van der Waals surface area (Å²) in [7, 11) is 1.30. The van der Waals surface area contributed by atoms with Gasteiger partial charge in [0.1, 0.15) is 23.2 Å². The molecule has 1 aliphatic heterocycles. The zero-order valence-corrected chi connectivity index (χ0v) is 16.4. The predicted molar refractivity (Wildman–Crippen MR) is 100 cm³/mol. The maximum Gasteiger partial charge on any atom is 0.271 e. The summed E-state index contributed by atoms with van der Waals surface area (Å²) >= 11 is 3.21. The molecular formula is C20H12BrN2O5-. The number of hydrogen-bond acceptors (Lipinski definition) is 6. The van der Waals surface area contributed by atoms with E-state index < -0.39 is 17.8 Å².